The van der Waals surface area contributed by atoms with Crippen molar-refractivity contribution in [3.05, 3.63) is 47.4 Å². The van der Waals surface area contributed by atoms with Crippen LogP contribution in [0.15, 0.2) is 28.8 Å². The maximum Gasteiger partial charge on any atom is 0.257 e. The van der Waals surface area contributed by atoms with Crippen molar-refractivity contribution in [1.29, 1.82) is 0 Å². The van der Waals surface area contributed by atoms with Crippen LogP contribution in [-0.2, 0) is 11.2 Å². The van der Waals surface area contributed by atoms with E-state index in [-0.39, 0.29) is 24.3 Å². The molecule has 1 aromatic carbocycles. The number of halogens is 2. The van der Waals surface area contributed by atoms with Crippen molar-refractivity contribution in [2.24, 2.45) is 0 Å². The zero-order chi connectivity index (χ0) is 13.1. The van der Waals surface area contributed by atoms with Gasteiger partial charge in [0.2, 0.25) is 0 Å². The third kappa shape index (κ3) is 3.53. The SMILES string of the molecule is Cl.Fc1cccc(Cc2noc(C3CNCCO3)n2)c1. The first-order chi connectivity index (χ1) is 9.31. The van der Waals surface area contributed by atoms with Gasteiger partial charge in [0.05, 0.1) is 6.61 Å². The van der Waals surface area contributed by atoms with E-state index in [0.717, 1.165) is 12.1 Å². The number of rotatable bonds is 3. The first-order valence-electron chi connectivity index (χ1n) is 6.20. The molecule has 108 valence electrons. The van der Waals surface area contributed by atoms with Gasteiger partial charge in [-0.15, -0.1) is 12.4 Å². The summed E-state index contributed by atoms with van der Waals surface area (Å²) in [7, 11) is 0. The van der Waals surface area contributed by atoms with E-state index in [1.807, 2.05) is 6.07 Å². The quantitative estimate of drug-likeness (QED) is 0.938. The minimum atomic E-state index is -0.263. The molecule has 1 saturated heterocycles. The van der Waals surface area contributed by atoms with Crippen LogP contribution < -0.4 is 5.32 Å². The second kappa shape index (κ2) is 6.78. The Morgan fingerprint density at radius 3 is 3.05 bits per heavy atom. The lowest BCUT2D eigenvalue weighted by Crippen LogP contribution is -2.33. The second-order valence-corrected chi connectivity index (χ2v) is 4.42. The molecule has 1 aliphatic heterocycles. The summed E-state index contributed by atoms with van der Waals surface area (Å²) in [5.74, 6) is 0.745. The average molecular weight is 300 g/mol. The van der Waals surface area contributed by atoms with Crippen molar-refractivity contribution < 1.29 is 13.7 Å². The number of benzene rings is 1. The summed E-state index contributed by atoms with van der Waals surface area (Å²) in [5.41, 5.74) is 0.815. The highest BCUT2D eigenvalue weighted by Crippen LogP contribution is 2.17. The van der Waals surface area contributed by atoms with Crippen molar-refractivity contribution in [2.45, 2.75) is 12.5 Å². The molecule has 1 atom stereocenters. The number of aromatic nitrogens is 2. The van der Waals surface area contributed by atoms with E-state index >= 15 is 0 Å². The normalized spacial score (nSPS) is 18.6. The Hall–Kier alpha value is -1.50. The Morgan fingerprint density at radius 2 is 2.30 bits per heavy atom. The molecule has 0 saturated carbocycles. The van der Waals surface area contributed by atoms with Crippen molar-refractivity contribution in [1.82, 2.24) is 15.5 Å². The van der Waals surface area contributed by atoms with Gasteiger partial charge in [0.25, 0.3) is 5.89 Å². The van der Waals surface area contributed by atoms with Crippen molar-refractivity contribution in [2.75, 3.05) is 19.7 Å². The predicted octanol–water partition coefficient (Wildman–Crippen LogP) is 1.88. The highest BCUT2D eigenvalue weighted by Gasteiger charge is 2.22. The Balaban J connectivity index is 0.00000147. The summed E-state index contributed by atoms with van der Waals surface area (Å²) < 4.78 is 23.8. The number of hydrogen-bond acceptors (Lipinski definition) is 5. The molecule has 1 fully saturated rings. The summed E-state index contributed by atoms with van der Waals surface area (Å²) in [6, 6.07) is 6.37. The van der Waals surface area contributed by atoms with Gasteiger partial charge < -0.3 is 14.6 Å². The fourth-order valence-electron chi connectivity index (χ4n) is 2.02. The number of morpholine rings is 1. The van der Waals surface area contributed by atoms with Crippen molar-refractivity contribution in [3.8, 4) is 0 Å². The van der Waals surface area contributed by atoms with E-state index in [1.165, 1.54) is 12.1 Å². The minimum Gasteiger partial charge on any atom is -0.366 e. The zero-order valence-electron chi connectivity index (χ0n) is 10.7. The molecule has 1 N–H and O–H groups in total. The molecule has 0 bridgehead atoms. The maximum atomic E-state index is 13.1. The Kier molecular flexibility index (Phi) is 5.05. The Morgan fingerprint density at radius 1 is 1.40 bits per heavy atom. The van der Waals surface area contributed by atoms with E-state index in [9.17, 15) is 4.39 Å². The van der Waals surface area contributed by atoms with E-state index in [2.05, 4.69) is 15.5 Å². The molecule has 2 heterocycles. The Labute approximate surface area is 121 Å². The van der Waals surface area contributed by atoms with Gasteiger partial charge in [-0.1, -0.05) is 17.3 Å². The lowest BCUT2D eigenvalue weighted by Gasteiger charge is -2.19. The molecular formula is C13H15ClFN3O2. The molecule has 0 spiro atoms. The lowest BCUT2D eigenvalue weighted by molar-refractivity contribution is 0.00755. The number of hydrogen-bond donors (Lipinski definition) is 1. The molecule has 7 heteroatoms. The van der Waals surface area contributed by atoms with Gasteiger partial charge in [0, 0.05) is 19.5 Å². The van der Waals surface area contributed by atoms with Crippen LogP contribution in [0.25, 0.3) is 0 Å². The molecule has 20 heavy (non-hydrogen) atoms. The van der Waals surface area contributed by atoms with Crippen LogP contribution in [0.2, 0.25) is 0 Å². The van der Waals surface area contributed by atoms with Crippen LogP contribution in [-0.4, -0.2) is 29.8 Å². The van der Waals surface area contributed by atoms with Crippen LogP contribution in [0.5, 0.6) is 0 Å². The van der Waals surface area contributed by atoms with Crippen molar-refractivity contribution >= 4 is 12.4 Å². The fourth-order valence-corrected chi connectivity index (χ4v) is 2.02. The summed E-state index contributed by atoms with van der Waals surface area (Å²) in [6.07, 6.45) is 0.254. The van der Waals surface area contributed by atoms with Gasteiger partial charge >= 0.3 is 0 Å². The summed E-state index contributed by atoms with van der Waals surface area (Å²) in [5, 5.41) is 7.10. The largest absolute Gasteiger partial charge is 0.366 e. The van der Waals surface area contributed by atoms with Gasteiger partial charge in [-0.3, -0.25) is 0 Å². The number of nitrogens with zero attached hydrogens (tertiary/aromatic N) is 2. The molecule has 0 radical (unpaired) electrons. The second-order valence-electron chi connectivity index (χ2n) is 4.42. The summed E-state index contributed by atoms with van der Waals surface area (Å²) >= 11 is 0. The van der Waals surface area contributed by atoms with Gasteiger partial charge in [0.1, 0.15) is 11.9 Å². The molecule has 1 aromatic heterocycles. The molecule has 1 unspecified atom stereocenters. The first kappa shape index (κ1) is 14.9. The van der Waals surface area contributed by atoms with Crippen molar-refractivity contribution in [3.63, 3.8) is 0 Å². The Bertz CT molecular complexity index is 558. The topological polar surface area (TPSA) is 60.2 Å². The molecule has 0 aliphatic carbocycles. The molecule has 3 rings (SSSR count). The van der Waals surface area contributed by atoms with E-state index in [4.69, 9.17) is 9.26 Å². The van der Waals surface area contributed by atoms with Crippen LogP contribution >= 0.6 is 12.4 Å². The number of nitrogens with one attached hydrogen (secondary N) is 1. The molecule has 0 amide bonds. The number of ether oxygens (including phenoxy) is 1. The summed E-state index contributed by atoms with van der Waals surface area (Å²) in [6.45, 7) is 2.13. The molecule has 2 aromatic rings. The van der Waals surface area contributed by atoms with E-state index in [0.29, 0.717) is 31.3 Å². The highest BCUT2D eigenvalue weighted by molar-refractivity contribution is 5.85. The standard InChI is InChI=1S/C13H14FN3O2.ClH/c14-10-3-1-2-9(6-10)7-12-16-13(19-17-12)11-8-15-4-5-18-11;/h1-3,6,11,15H,4-5,7-8H2;1H. The smallest absolute Gasteiger partial charge is 0.257 e. The van der Waals surface area contributed by atoms with Crippen LogP contribution in [0.1, 0.15) is 23.4 Å². The van der Waals surface area contributed by atoms with Crippen LogP contribution in [0.4, 0.5) is 4.39 Å². The van der Waals surface area contributed by atoms with Crippen LogP contribution in [0, 0.1) is 5.82 Å². The van der Waals surface area contributed by atoms with Gasteiger partial charge in [0.15, 0.2) is 5.82 Å². The average Bonchev–Trinajstić information content (AvgIpc) is 2.88. The lowest BCUT2D eigenvalue weighted by atomic mass is 10.1. The third-order valence-corrected chi connectivity index (χ3v) is 2.94. The van der Waals surface area contributed by atoms with Gasteiger partial charge in [-0.05, 0) is 17.7 Å². The molecule has 5 nitrogen and oxygen atoms in total. The minimum absolute atomic E-state index is 0. The van der Waals surface area contributed by atoms with E-state index in [1.54, 1.807) is 6.07 Å². The maximum absolute atomic E-state index is 13.1. The fraction of sp³-hybridized carbons (Fsp3) is 0.385. The zero-order valence-corrected chi connectivity index (χ0v) is 11.5. The molecule has 1 aliphatic rings. The highest BCUT2D eigenvalue weighted by atomic mass is 35.5. The van der Waals surface area contributed by atoms with E-state index < -0.39 is 0 Å². The summed E-state index contributed by atoms with van der Waals surface area (Å²) in [4.78, 5) is 4.29. The van der Waals surface area contributed by atoms with Crippen LogP contribution in [0.3, 0.4) is 0 Å². The molecular weight excluding hydrogens is 285 g/mol. The van der Waals surface area contributed by atoms with Gasteiger partial charge in [-0.25, -0.2) is 4.39 Å². The first-order valence-corrected chi connectivity index (χ1v) is 6.20. The monoisotopic (exact) mass is 299 g/mol. The third-order valence-electron chi connectivity index (χ3n) is 2.94. The predicted molar refractivity (Wildman–Crippen MR) is 72.3 cm³/mol. The van der Waals surface area contributed by atoms with Gasteiger partial charge in [-0.2, -0.15) is 4.98 Å².